The van der Waals surface area contributed by atoms with Gasteiger partial charge < -0.3 is 0 Å². The van der Waals surface area contributed by atoms with E-state index in [-0.39, 0.29) is 0 Å². The molecule has 0 saturated carbocycles. The lowest BCUT2D eigenvalue weighted by Crippen LogP contribution is -2.09. The number of rotatable bonds is 1. The smallest absolute Gasteiger partial charge is 0.138 e. The maximum absolute atomic E-state index is 14.1. The first-order valence-electron chi connectivity index (χ1n) is 4.90. The Balaban J connectivity index is 2.58. The van der Waals surface area contributed by atoms with E-state index in [0.29, 0.717) is 17.1 Å². The van der Waals surface area contributed by atoms with E-state index in [1.165, 1.54) is 0 Å². The normalized spacial score (nSPS) is 25.9. The number of fused-ring (bicyclic) bond motifs is 1. The average Bonchev–Trinajstić information content (AvgIpc) is 2.53. The van der Waals surface area contributed by atoms with E-state index in [4.69, 9.17) is 0 Å². The van der Waals surface area contributed by atoms with E-state index in [0.717, 1.165) is 17.7 Å². The molecule has 0 amide bonds. The van der Waals surface area contributed by atoms with Gasteiger partial charge in [0.05, 0.1) is 0 Å². The van der Waals surface area contributed by atoms with Gasteiger partial charge in [0.1, 0.15) is 10.3 Å². The molecule has 0 saturated heterocycles. The molecule has 2 nitrogen and oxygen atoms in total. The van der Waals surface area contributed by atoms with Crippen LogP contribution < -0.4 is 0 Å². The third kappa shape index (κ3) is 1.31. The van der Waals surface area contributed by atoms with Crippen molar-refractivity contribution in [2.75, 3.05) is 0 Å². The van der Waals surface area contributed by atoms with Crippen LogP contribution in [0.1, 0.15) is 44.5 Å². The lowest BCUT2D eigenvalue weighted by molar-refractivity contribution is 0.192. The van der Waals surface area contributed by atoms with Crippen molar-refractivity contribution in [2.24, 2.45) is 0 Å². The summed E-state index contributed by atoms with van der Waals surface area (Å²) in [6.07, 6.45) is 1.37. The molecule has 0 bridgehead atoms. The van der Waals surface area contributed by atoms with Gasteiger partial charge in [-0.2, -0.15) is 5.10 Å². The molecule has 1 aliphatic carbocycles. The van der Waals surface area contributed by atoms with Gasteiger partial charge in [-0.3, -0.25) is 4.68 Å². The van der Waals surface area contributed by atoms with Gasteiger partial charge >= 0.3 is 0 Å². The molecule has 14 heavy (non-hydrogen) atoms. The Morgan fingerprint density at radius 3 is 2.79 bits per heavy atom. The maximum atomic E-state index is 14.1. The Morgan fingerprint density at radius 2 is 2.21 bits per heavy atom. The predicted molar refractivity (Wildman–Crippen MR) is 57.1 cm³/mol. The fraction of sp³-hybridized carbons (Fsp3) is 0.700. The zero-order valence-electron chi connectivity index (χ0n) is 8.64. The van der Waals surface area contributed by atoms with Crippen molar-refractivity contribution in [3.05, 3.63) is 15.9 Å². The highest BCUT2D eigenvalue weighted by Crippen LogP contribution is 2.44. The van der Waals surface area contributed by atoms with Crippen molar-refractivity contribution < 1.29 is 4.39 Å². The first-order chi connectivity index (χ1) is 6.43. The summed E-state index contributed by atoms with van der Waals surface area (Å²) in [7, 11) is 0. The second-order valence-corrected chi connectivity index (χ2v) is 5.10. The molecule has 1 aromatic rings. The third-order valence-electron chi connectivity index (χ3n) is 2.81. The molecule has 1 unspecified atom stereocenters. The number of halogens is 2. The van der Waals surface area contributed by atoms with E-state index >= 15 is 0 Å². The van der Waals surface area contributed by atoms with Crippen molar-refractivity contribution >= 4 is 15.9 Å². The van der Waals surface area contributed by atoms with Crippen LogP contribution in [0.5, 0.6) is 0 Å². The number of alkyl halides is 1. The van der Waals surface area contributed by atoms with Gasteiger partial charge in [0.2, 0.25) is 0 Å². The van der Waals surface area contributed by atoms with Crippen LogP contribution in [0.4, 0.5) is 4.39 Å². The fourth-order valence-corrected chi connectivity index (χ4v) is 2.91. The Hall–Kier alpha value is -0.380. The summed E-state index contributed by atoms with van der Waals surface area (Å²) in [5.41, 5.74) is 0.601. The molecule has 1 atom stereocenters. The molecule has 0 aromatic carbocycles. The SMILES string of the molecule is CC(C)n1nc(Br)c2c1CCC2(C)F. The molecule has 4 heteroatoms. The Bertz CT molecular complexity index is 368. The van der Waals surface area contributed by atoms with Gasteiger partial charge in [0.25, 0.3) is 0 Å². The van der Waals surface area contributed by atoms with Gasteiger partial charge in [-0.15, -0.1) is 0 Å². The minimum atomic E-state index is -1.21. The maximum Gasteiger partial charge on any atom is 0.138 e. The summed E-state index contributed by atoms with van der Waals surface area (Å²) in [6, 6.07) is 0.295. The second kappa shape index (κ2) is 3.05. The van der Waals surface area contributed by atoms with Crippen molar-refractivity contribution in [1.29, 1.82) is 0 Å². The van der Waals surface area contributed by atoms with Crippen LogP contribution in [0.15, 0.2) is 4.60 Å². The summed E-state index contributed by atoms with van der Waals surface area (Å²) < 4.78 is 16.6. The van der Waals surface area contributed by atoms with Crippen LogP contribution in [0.3, 0.4) is 0 Å². The standard InChI is InChI=1S/C10H14BrFN2/c1-6(2)14-7-4-5-10(3,12)8(7)9(11)13-14/h6H,4-5H2,1-3H3. The van der Waals surface area contributed by atoms with E-state index in [1.807, 2.05) is 4.68 Å². The van der Waals surface area contributed by atoms with Gasteiger partial charge in [-0.1, -0.05) is 0 Å². The van der Waals surface area contributed by atoms with Crippen LogP contribution >= 0.6 is 15.9 Å². The summed E-state index contributed by atoms with van der Waals surface area (Å²) >= 11 is 3.34. The highest BCUT2D eigenvalue weighted by molar-refractivity contribution is 9.10. The van der Waals surface area contributed by atoms with Gasteiger partial charge in [0.15, 0.2) is 0 Å². The Kier molecular flexibility index (Phi) is 2.21. The zero-order valence-corrected chi connectivity index (χ0v) is 10.2. The topological polar surface area (TPSA) is 17.8 Å². The fourth-order valence-electron chi connectivity index (χ4n) is 2.10. The molecule has 0 spiro atoms. The molecule has 1 aliphatic rings. The number of aromatic nitrogens is 2. The molecule has 78 valence electrons. The average molecular weight is 261 g/mol. The van der Waals surface area contributed by atoms with Crippen molar-refractivity contribution in [3.63, 3.8) is 0 Å². The third-order valence-corrected chi connectivity index (χ3v) is 3.36. The lowest BCUT2D eigenvalue weighted by atomic mass is 10.0. The van der Waals surface area contributed by atoms with Crippen LogP contribution in [0.25, 0.3) is 0 Å². The number of nitrogens with zero attached hydrogens (tertiary/aromatic N) is 2. The largest absolute Gasteiger partial charge is 0.266 e. The monoisotopic (exact) mass is 260 g/mol. The summed E-state index contributed by atoms with van der Waals surface area (Å²) in [4.78, 5) is 0. The number of hydrogen-bond acceptors (Lipinski definition) is 1. The minimum Gasteiger partial charge on any atom is -0.266 e. The summed E-state index contributed by atoms with van der Waals surface area (Å²) in [5.74, 6) is 0. The Labute approximate surface area is 91.6 Å². The quantitative estimate of drug-likeness (QED) is 0.758. The summed E-state index contributed by atoms with van der Waals surface area (Å²) in [6.45, 7) is 5.76. The molecule has 2 rings (SSSR count). The highest BCUT2D eigenvalue weighted by atomic mass is 79.9. The second-order valence-electron chi connectivity index (χ2n) is 4.35. The van der Waals surface area contributed by atoms with E-state index in [1.54, 1.807) is 6.92 Å². The first-order valence-corrected chi connectivity index (χ1v) is 5.69. The summed E-state index contributed by atoms with van der Waals surface area (Å²) in [5, 5.41) is 4.32. The van der Waals surface area contributed by atoms with Gasteiger partial charge in [-0.05, 0) is 49.5 Å². The van der Waals surface area contributed by atoms with Gasteiger partial charge in [0, 0.05) is 17.3 Å². The van der Waals surface area contributed by atoms with Crippen LogP contribution in [0.2, 0.25) is 0 Å². The van der Waals surface area contributed by atoms with Crippen LogP contribution in [0, 0.1) is 0 Å². The lowest BCUT2D eigenvalue weighted by Gasteiger charge is -2.11. The van der Waals surface area contributed by atoms with Crippen LogP contribution in [-0.4, -0.2) is 9.78 Å². The van der Waals surface area contributed by atoms with Crippen molar-refractivity contribution in [3.8, 4) is 0 Å². The molecule has 1 aromatic heterocycles. The van der Waals surface area contributed by atoms with E-state index < -0.39 is 5.67 Å². The first kappa shape index (κ1) is 10.1. The van der Waals surface area contributed by atoms with Crippen LogP contribution in [-0.2, 0) is 12.1 Å². The molecular weight excluding hydrogens is 247 g/mol. The highest BCUT2D eigenvalue weighted by Gasteiger charge is 2.40. The molecular formula is C10H14BrFN2. The van der Waals surface area contributed by atoms with Crippen molar-refractivity contribution in [2.45, 2.75) is 45.3 Å². The zero-order chi connectivity index (χ0) is 10.5. The molecule has 0 fully saturated rings. The molecule has 1 heterocycles. The minimum absolute atomic E-state index is 0.295. The van der Waals surface area contributed by atoms with Gasteiger partial charge in [-0.25, -0.2) is 4.39 Å². The predicted octanol–water partition coefficient (Wildman–Crippen LogP) is 3.36. The molecule has 0 radical (unpaired) electrons. The molecule has 0 aliphatic heterocycles. The van der Waals surface area contributed by atoms with Crippen molar-refractivity contribution in [1.82, 2.24) is 9.78 Å². The van der Waals surface area contributed by atoms with E-state index in [2.05, 4.69) is 34.9 Å². The van der Waals surface area contributed by atoms with E-state index in [9.17, 15) is 4.39 Å². The molecule has 0 N–H and O–H groups in total. The Morgan fingerprint density at radius 1 is 1.57 bits per heavy atom. The number of hydrogen-bond donors (Lipinski definition) is 0.